The number of carbonyl (C=O) groups is 4. The highest BCUT2D eigenvalue weighted by molar-refractivity contribution is 6.61. The normalized spacial score (nSPS) is 13.5. The molecule has 1 heterocycles. The molecule has 0 bridgehead atoms. The lowest BCUT2D eigenvalue weighted by molar-refractivity contribution is -0.159. The predicted octanol–water partition coefficient (Wildman–Crippen LogP) is 6.95. The van der Waals surface area contributed by atoms with Crippen LogP contribution in [0.2, 0.25) is 18.1 Å². The molecule has 0 saturated heterocycles. The first kappa shape index (κ1) is 96.8. The van der Waals surface area contributed by atoms with E-state index in [-0.39, 0.29) is 90.2 Å². The maximum atomic E-state index is 14.2. The predicted molar refractivity (Wildman–Crippen MR) is 401 cm³/mol. The van der Waals surface area contributed by atoms with Gasteiger partial charge in [-0.3, -0.25) is 4.79 Å². The van der Waals surface area contributed by atoms with E-state index in [2.05, 4.69) is 36.7 Å². The third-order valence-electron chi connectivity index (χ3n) is 18.5. The van der Waals surface area contributed by atoms with Crippen molar-refractivity contribution in [1.82, 2.24) is 44.4 Å². The molecule has 1 aromatic rings. The number of esters is 1. The molecule has 0 radical (unpaired) electrons. The molecule has 0 aliphatic rings. The standard InChI is InChI=1S/C69H139N9O22Si3/c1-15-19-38-69(5,37-18-4)62(82)100-58-61(81)55-75(44-36-52-103(95-12,96-13)97-14)65(85)72-41-30-24-27-33-47-78-67(87)76(45-31-25-22-28-39-70-63(83)73(53-59(79)56-98-48-20-16-2)42-34-50-101(89-6,90-7)91-8)66(86)77(68(78)88)46-32-26-23-29-40-71-64(84)74(54-60(80)57-99-49-21-17-3)43-35-51-102(92-9,93-10)94-11/h59-61,79-81H,15-58H2,1-14H3,(H,70,83)(H,71,84)(H,72,85). The van der Waals surface area contributed by atoms with E-state index in [4.69, 9.17) is 54.0 Å². The van der Waals surface area contributed by atoms with E-state index < -0.39 is 73.2 Å². The second-order valence-corrected chi connectivity index (χ2v) is 35.9. The molecule has 0 aromatic carbocycles. The highest BCUT2D eigenvalue weighted by Gasteiger charge is 2.40. The molecular formula is C69H139N9O22Si3. The molecule has 4 atom stereocenters. The van der Waals surface area contributed by atoms with Crippen LogP contribution in [0.25, 0.3) is 0 Å². The van der Waals surface area contributed by atoms with Gasteiger partial charge in [0.05, 0.1) is 50.5 Å². The summed E-state index contributed by atoms with van der Waals surface area (Å²) >= 11 is 0. The number of unbranched alkanes of at least 4 members (excludes halogenated alkanes) is 12. The number of aliphatic hydroxyl groups excluding tert-OH is 3. The van der Waals surface area contributed by atoms with E-state index in [1.807, 2.05) is 13.8 Å². The van der Waals surface area contributed by atoms with Gasteiger partial charge >= 0.3 is 67.5 Å². The lowest BCUT2D eigenvalue weighted by Crippen LogP contribution is -2.54. The van der Waals surface area contributed by atoms with Gasteiger partial charge in [-0.1, -0.05) is 98.3 Å². The number of rotatable bonds is 66. The number of aromatic nitrogens is 3. The van der Waals surface area contributed by atoms with Gasteiger partial charge in [0.1, 0.15) is 12.7 Å². The van der Waals surface area contributed by atoms with Gasteiger partial charge < -0.3 is 100 Å². The molecule has 6 amide bonds. The van der Waals surface area contributed by atoms with E-state index in [0.717, 1.165) is 58.6 Å². The van der Waals surface area contributed by atoms with E-state index in [0.29, 0.717) is 167 Å². The number of carbonyl (C=O) groups excluding carboxylic acids is 4. The summed E-state index contributed by atoms with van der Waals surface area (Å²) < 4.78 is 70.5. The van der Waals surface area contributed by atoms with E-state index in [9.17, 15) is 48.9 Å². The Balaban J connectivity index is 3.29. The number of hydrogen-bond acceptors (Lipinski definition) is 22. The molecule has 0 saturated carbocycles. The fraction of sp³-hybridized carbons (Fsp3) is 0.899. The number of nitrogens with one attached hydrogen (secondary N) is 3. The average Bonchev–Trinajstić information content (AvgIpc) is 0.785. The maximum Gasteiger partial charge on any atom is 0.500 e. The molecule has 34 heteroatoms. The van der Waals surface area contributed by atoms with Gasteiger partial charge in [-0.05, 0) is 90.4 Å². The van der Waals surface area contributed by atoms with Gasteiger partial charge in [0.15, 0.2) is 0 Å². The van der Waals surface area contributed by atoms with Crippen molar-refractivity contribution in [2.75, 3.05) is 156 Å². The fourth-order valence-corrected chi connectivity index (χ4v) is 17.1. The van der Waals surface area contributed by atoms with Crippen LogP contribution in [-0.2, 0) is 78.5 Å². The van der Waals surface area contributed by atoms with E-state index in [1.54, 1.807) is 9.80 Å². The van der Waals surface area contributed by atoms with Crippen LogP contribution >= 0.6 is 0 Å². The van der Waals surface area contributed by atoms with Crippen LogP contribution in [0.15, 0.2) is 14.4 Å². The van der Waals surface area contributed by atoms with Crippen molar-refractivity contribution in [1.29, 1.82) is 0 Å². The lowest BCUT2D eigenvalue weighted by Gasteiger charge is -2.29. The second kappa shape index (κ2) is 57.0. The van der Waals surface area contributed by atoms with Gasteiger partial charge in [0, 0.05) is 154 Å². The summed E-state index contributed by atoms with van der Waals surface area (Å²) in [7, 11) is 4.93. The number of amides is 6. The van der Waals surface area contributed by atoms with Crippen LogP contribution in [-0.4, -0.2) is 268 Å². The summed E-state index contributed by atoms with van der Waals surface area (Å²) in [6, 6.07) is 0.205. The van der Waals surface area contributed by atoms with Crippen molar-refractivity contribution < 1.29 is 88.5 Å². The highest BCUT2D eigenvalue weighted by atomic mass is 28.4. The monoisotopic (exact) mass is 1530 g/mol. The molecule has 1 rings (SSSR count). The topological polar surface area (TPSA) is 352 Å². The van der Waals surface area contributed by atoms with Crippen molar-refractivity contribution >= 4 is 50.5 Å². The van der Waals surface area contributed by atoms with Crippen molar-refractivity contribution in [2.24, 2.45) is 5.41 Å². The number of hydrogen-bond donors (Lipinski definition) is 6. The number of nitrogens with zero attached hydrogens (tertiary/aromatic N) is 6. The Morgan fingerprint density at radius 2 is 0.689 bits per heavy atom. The molecule has 1 aromatic heterocycles. The molecule has 31 nitrogen and oxygen atoms in total. The summed E-state index contributed by atoms with van der Waals surface area (Å²) in [4.78, 5) is 101. The zero-order valence-electron chi connectivity index (χ0n) is 65.6. The summed E-state index contributed by atoms with van der Waals surface area (Å²) in [6.45, 7) is 13.0. The third-order valence-corrected chi connectivity index (χ3v) is 27.0. The summed E-state index contributed by atoms with van der Waals surface area (Å²) in [5, 5.41) is 41.7. The van der Waals surface area contributed by atoms with Crippen LogP contribution < -0.4 is 33.0 Å². The first-order valence-electron chi connectivity index (χ1n) is 37.8. The van der Waals surface area contributed by atoms with Crippen LogP contribution in [0, 0.1) is 5.41 Å². The van der Waals surface area contributed by atoms with Crippen molar-refractivity contribution in [3.8, 4) is 0 Å². The molecule has 103 heavy (non-hydrogen) atoms. The summed E-state index contributed by atoms with van der Waals surface area (Å²) in [5.41, 5.74) is -2.77. The molecule has 4 unspecified atom stereocenters. The van der Waals surface area contributed by atoms with Crippen LogP contribution in [0.5, 0.6) is 0 Å². The molecule has 0 fully saturated rings. The van der Waals surface area contributed by atoms with Gasteiger partial charge in [-0.15, -0.1) is 0 Å². The Hall–Kier alpha value is -4.22. The Morgan fingerprint density at radius 3 is 0.971 bits per heavy atom. The lowest BCUT2D eigenvalue weighted by atomic mass is 9.81. The second-order valence-electron chi connectivity index (χ2n) is 26.6. The van der Waals surface area contributed by atoms with Gasteiger partial charge in [0.25, 0.3) is 0 Å². The SMILES string of the molecule is CCCCOCC(O)CN(CCC[Si](OC)(OC)OC)C(=O)NCCCCCCn1c(=O)n(CCCCCCNC(=O)N(CCC[Si](OC)(OC)OC)CC(O)COCCCC)c(=O)n(CCCCCCNC(=O)N(CCC[Si](OC)(OC)OC)CC(O)COC(=O)C(C)(CCC)CCCC)c1=O. The fourth-order valence-electron chi connectivity index (χ4n) is 12.0. The molecule has 0 aliphatic heterocycles. The van der Waals surface area contributed by atoms with Crippen LogP contribution in [0.3, 0.4) is 0 Å². The Labute approximate surface area is 618 Å². The average molecular weight is 1530 g/mol. The molecule has 0 spiro atoms. The minimum absolute atomic E-state index is 0.0487. The number of aliphatic hydroxyl groups is 3. The molecular weight excluding hydrogens is 1390 g/mol. The van der Waals surface area contributed by atoms with Gasteiger partial charge in [0.2, 0.25) is 0 Å². The minimum atomic E-state index is -2.98. The van der Waals surface area contributed by atoms with E-state index in [1.165, 1.54) is 68.9 Å². The Morgan fingerprint density at radius 1 is 0.398 bits per heavy atom. The third kappa shape index (κ3) is 37.9. The number of ether oxygens (including phenoxy) is 3. The Bertz CT molecular complexity index is 2450. The molecule has 604 valence electrons. The quantitative estimate of drug-likeness (QED) is 0.0218. The van der Waals surface area contributed by atoms with Crippen molar-refractivity contribution in [2.45, 2.75) is 245 Å². The molecule has 6 N–H and O–H groups in total. The first-order chi connectivity index (χ1) is 49.5. The van der Waals surface area contributed by atoms with Crippen LogP contribution in [0.4, 0.5) is 14.4 Å². The van der Waals surface area contributed by atoms with Crippen molar-refractivity contribution in [3.63, 3.8) is 0 Å². The Kier molecular flexibility index (Phi) is 53.5. The van der Waals surface area contributed by atoms with Crippen LogP contribution in [0.1, 0.15) is 189 Å². The highest BCUT2D eigenvalue weighted by Crippen LogP contribution is 2.32. The summed E-state index contributed by atoms with van der Waals surface area (Å²) in [5.74, 6) is -0.368. The smallest absolute Gasteiger partial charge is 0.462 e. The largest absolute Gasteiger partial charge is 0.500 e. The van der Waals surface area contributed by atoms with Gasteiger partial charge in [-0.2, -0.15) is 0 Å². The van der Waals surface area contributed by atoms with Crippen molar-refractivity contribution in [3.05, 3.63) is 31.5 Å². The maximum absolute atomic E-state index is 14.2. The zero-order valence-corrected chi connectivity index (χ0v) is 68.6. The zero-order chi connectivity index (χ0) is 77.0. The minimum Gasteiger partial charge on any atom is -0.462 e. The van der Waals surface area contributed by atoms with E-state index >= 15 is 0 Å². The van der Waals surface area contributed by atoms with Gasteiger partial charge in [-0.25, -0.2) is 42.5 Å². The molecule has 0 aliphatic carbocycles. The number of urea groups is 3. The first-order valence-corrected chi connectivity index (χ1v) is 43.6. The summed E-state index contributed by atoms with van der Waals surface area (Å²) in [6.07, 6.45) is 12.8.